The zero-order chi connectivity index (χ0) is 18.4. The highest BCUT2D eigenvalue weighted by Crippen LogP contribution is 2.23. The SMILES string of the molecule is O=C(CN1CCC(CCc2ccc(O)cc2)CC1)Nc1ccccc1I. The van der Waals surface area contributed by atoms with Crippen molar-refractivity contribution in [3.8, 4) is 5.75 Å². The monoisotopic (exact) mass is 464 g/mol. The Balaban J connectivity index is 1.38. The predicted octanol–water partition coefficient (Wildman–Crippen LogP) is 4.28. The third-order valence-corrected chi connectivity index (χ3v) is 5.94. The number of nitrogens with one attached hydrogen (secondary N) is 1. The average Bonchev–Trinajstić information content (AvgIpc) is 2.64. The molecule has 1 heterocycles. The topological polar surface area (TPSA) is 52.6 Å². The number of aromatic hydroxyl groups is 1. The van der Waals surface area contributed by atoms with Gasteiger partial charge < -0.3 is 10.4 Å². The van der Waals surface area contributed by atoms with Crippen molar-refractivity contribution in [2.75, 3.05) is 25.0 Å². The van der Waals surface area contributed by atoms with Crippen molar-refractivity contribution in [1.29, 1.82) is 0 Å². The average molecular weight is 464 g/mol. The van der Waals surface area contributed by atoms with Gasteiger partial charge in [0.25, 0.3) is 0 Å². The standard InChI is InChI=1S/C21H25IN2O2/c22-19-3-1-2-4-20(19)23-21(26)15-24-13-11-17(12-14-24)6-5-16-7-9-18(25)10-8-16/h1-4,7-10,17,25H,5-6,11-15H2,(H,23,26). The van der Waals surface area contributed by atoms with E-state index >= 15 is 0 Å². The third kappa shape index (κ3) is 5.71. The molecule has 1 saturated heterocycles. The number of para-hydroxylation sites is 1. The van der Waals surface area contributed by atoms with E-state index in [4.69, 9.17) is 0 Å². The van der Waals surface area contributed by atoms with Crippen LogP contribution < -0.4 is 5.32 Å². The van der Waals surface area contributed by atoms with Gasteiger partial charge in [-0.1, -0.05) is 24.3 Å². The number of benzene rings is 2. The van der Waals surface area contributed by atoms with Crippen LogP contribution in [0.5, 0.6) is 5.75 Å². The van der Waals surface area contributed by atoms with Crippen LogP contribution in [0.3, 0.4) is 0 Å². The molecule has 4 nitrogen and oxygen atoms in total. The van der Waals surface area contributed by atoms with Gasteiger partial charge in [-0.2, -0.15) is 0 Å². The lowest BCUT2D eigenvalue weighted by molar-refractivity contribution is -0.117. The molecule has 1 amide bonds. The van der Waals surface area contributed by atoms with E-state index in [2.05, 4.69) is 32.8 Å². The molecule has 0 aromatic heterocycles. The van der Waals surface area contributed by atoms with Crippen LogP contribution in [0.2, 0.25) is 0 Å². The lowest BCUT2D eigenvalue weighted by Crippen LogP contribution is -2.39. The molecule has 0 spiro atoms. The first kappa shape index (κ1) is 19.2. The molecule has 0 unspecified atom stereocenters. The van der Waals surface area contributed by atoms with Crippen molar-refractivity contribution in [2.45, 2.75) is 25.7 Å². The smallest absolute Gasteiger partial charge is 0.238 e. The summed E-state index contributed by atoms with van der Waals surface area (Å²) in [7, 11) is 0. The second-order valence-corrected chi connectivity index (χ2v) is 8.11. The molecule has 1 aliphatic heterocycles. The molecule has 0 saturated carbocycles. The van der Waals surface area contributed by atoms with Crippen molar-refractivity contribution in [2.24, 2.45) is 5.92 Å². The summed E-state index contributed by atoms with van der Waals surface area (Å²) >= 11 is 2.24. The van der Waals surface area contributed by atoms with Gasteiger partial charge in [-0.05, 0) is 97.1 Å². The molecule has 0 atom stereocenters. The summed E-state index contributed by atoms with van der Waals surface area (Å²) in [6, 6.07) is 15.4. The minimum Gasteiger partial charge on any atom is -0.508 e. The number of halogens is 1. The molecule has 5 heteroatoms. The lowest BCUT2D eigenvalue weighted by Gasteiger charge is -2.31. The van der Waals surface area contributed by atoms with Crippen molar-refractivity contribution >= 4 is 34.2 Å². The van der Waals surface area contributed by atoms with Crippen molar-refractivity contribution in [3.63, 3.8) is 0 Å². The first-order valence-electron chi connectivity index (χ1n) is 9.15. The summed E-state index contributed by atoms with van der Waals surface area (Å²) in [5, 5.41) is 12.4. The normalized spacial score (nSPS) is 15.7. The highest BCUT2D eigenvalue weighted by molar-refractivity contribution is 14.1. The maximum absolute atomic E-state index is 12.3. The number of carbonyl (C=O) groups excluding carboxylic acids is 1. The Morgan fingerprint density at radius 3 is 2.50 bits per heavy atom. The highest BCUT2D eigenvalue weighted by atomic mass is 127. The molecule has 0 radical (unpaired) electrons. The van der Waals surface area contributed by atoms with E-state index in [0.717, 1.165) is 47.5 Å². The van der Waals surface area contributed by atoms with Gasteiger partial charge in [0.1, 0.15) is 5.75 Å². The summed E-state index contributed by atoms with van der Waals surface area (Å²) < 4.78 is 1.06. The van der Waals surface area contributed by atoms with Crippen LogP contribution in [0.1, 0.15) is 24.8 Å². The number of piperidine rings is 1. The van der Waals surface area contributed by atoms with Gasteiger partial charge in [0.05, 0.1) is 12.2 Å². The van der Waals surface area contributed by atoms with E-state index in [1.165, 1.54) is 12.0 Å². The number of aryl methyl sites for hydroxylation is 1. The van der Waals surface area contributed by atoms with Crippen LogP contribution in [0, 0.1) is 9.49 Å². The van der Waals surface area contributed by atoms with E-state index in [0.29, 0.717) is 12.3 Å². The van der Waals surface area contributed by atoms with Crippen LogP contribution in [0.4, 0.5) is 5.69 Å². The molecule has 0 aliphatic carbocycles. The molecule has 2 aromatic carbocycles. The van der Waals surface area contributed by atoms with Gasteiger partial charge in [-0.25, -0.2) is 0 Å². The zero-order valence-electron chi connectivity index (χ0n) is 14.8. The number of phenolic OH excluding ortho intramolecular Hbond substituents is 1. The molecule has 2 aromatic rings. The van der Waals surface area contributed by atoms with Crippen LogP contribution in [-0.2, 0) is 11.2 Å². The Morgan fingerprint density at radius 1 is 1.12 bits per heavy atom. The summed E-state index contributed by atoms with van der Waals surface area (Å²) in [6.07, 6.45) is 4.52. The summed E-state index contributed by atoms with van der Waals surface area (Å²) in [5.74, 6) is 1.11. The van der Waals surface area contributed by atoms with Crippen molar-refractivity contribution in [3.05, 3.63) is 57.7 Å². The molecular formula is C21H25IN2O2. The number of phenols is 1. The summed E-state index contributed by atoms with van der Waals surface area (Å²) in [5.41, 5.74) is 2.17. The Hall–Kier alpha value is -1.60. The van der Waals surface area contributed by atoms with Crippen molar-refractivity contribution < 1.29 is 9.90 Å². The van der Waals surface area contributed by atoms with Crippen molar-refractivity contribution in [1.82, 2.24) is 4.90 Å². The van der Waals surface area contributed by atoms with Gasteiger partial charge in [0, 0.05) is 3.57 Å². The summed E-state index contributed by atoms with van der Waals surface area (Å²) in [6.45, 7) is 2.44. The fourth-order valence-corrected chi connectivity index (χ4v) is 3.94. The van der Waals surface area contributed by atoms with E-state index in [1.54, 1.807) is 12.1 Å². The lowest BCUT2D eigenvalue weighted by atomic mass is 9.90. The maximum Gasteiger partial charge on any atom is 0.238 e. The number of rotatable bonds is 6. The molecule has 3 rings (SSSR count). The third-order valence-electron chi connectivity index (χ3n) is 5.00. The number of hydrogen-bond acceptors (Lipinski definition) is 3. The van der Waals surface area contributed by atoms with Gasteiger partial charge in [-0.3, -0.25) is 9.69 Å². The van der Waals surface area contributed by atoms with Gasteiger partial charge in [0.15, 0.2) is 0 Å². The fraction of sp³-hybridized carbons (Fsp3) is 0.381. The molecule has 1 aliphatic rings. The zero-order valence-corrected chi connectivity index (χ0v) is 17.0. The van der Waals surface area contributed by atoms with Crippen LogP contribution >= 0.6 is 22.6 Å². The summed E-state index contributed by atoms with van der Waals surface area (Å²) in [4.78, 5) is 14.5. The van der Waals surface area contributed by atoms with Crippen LogP contribution in [0.15, 0.2) is 48.5 Å². The highest BCUT2D eigenvalue weighted by Gasteiger charge is 2.21. The van der Waals surface area contributed by atoms with Gasteiger partial charge in [0.2, 0.25) is 5.91 Å². The van der Waals surface area contributed by atoms with E-state index in [-0.39, 0.29) is 5.91 Å². The van der Waals surface area contributed by atoms with Gasteiger partial charge >= 0.3 is 0 Å². The Bertz CT molecular complexity index is 725. The molecule has 1 fully saturated rings. The van der Waals surface area contributed by atoms with E-state index in [1.807, 2.05) is 36.4 Å². The largest absolute Gasteiger partial charge is 0.508 e. The number of likely N-dealkylation sites (tertiary alicyclic amines) is 1. The van der Waals surface area contributed by atoms with Gasteiger partial charge in [-0.15, -0.1) is 0 Å². The molecule has 138 valence electrons. The van der Waals surface area contributed by atoms with E-state index < -0.39 is 0 Å². The number of hydrogen-bond donors (Lipinski definition) is 2. The minimum atomic E-state index is 0.0664. The Kier molecular flexibility index (Phi) is 6.91. The number of amides is 1. The van der Waals surface area contributed by atoms with Crippen LogP contribution in [-0.4, -0.2) is 35.5 Å². The van der Waals surface area contributed by atoms with E-state index in [9.17, 15) is 9.90 Å². The maximum atomic E-state index is 12.3. The predicted molar refractivity (Wildman–Crippen MR) is 113 cm³/mol. The number of carbonyl (C=O) groups is 1. The fourth-order valence-electron chi connectivity index (χ4n) is 3.42. The van der Waals surface area contributed by atoms with Crippen LogP contribution in [0.25, 0.3) is 0 Å². The first-order valence-corrected chi connectivity index (χ1v) is 10.2. The molecular weight excluding hydrogens is 439 g/mol. The molecule has 26 heavy (non-hydrogen) atoms. The second-order valence-electron chi connectivity index (χ2n) is 6.95. The quantitative estimate of drug-likeness (QED) is 0.628. The Labute approximate surface area is 168 Å². The Morgan fingerprint density at radius 2 is 1.81 bits per heavy atom. The first-order chi connectivity index (χ1) is 12.6. The molecule has 0 bridgehead atoms. The number of nitrogens with zero attached hydrogens (tertiary/aromatic N) is 1. The minimum absolute atomic E-state index is 0.0664. The second kappa shape index (κ2) is 9.37. The molecule has 2 N–H and O–H groups in total. The number of anilines is 1.